The van der Waals surface area contributed by atoms with Gasteiger partial charge in [0.05, 0.1) is 6.61 Å². The van der Waals surface area contributed by atoms with E-state index in [1.807, 2.05) is 0 Å². The van der Waals surface area contributed by atoms with Crippen LogP contribution in [0.25, 0.3) is 0 Å². The largest absolute Gasteiger partial charge is 0.480 e. The normalized spacial score (nSPS) is 9.62. The highest BCUT2D eigenvalue weighted by molar-refractivity contribution is 5.80. The van der Waals surface area contributed by atoms with E-state index in [-0.39, 0.29) is 26.2 Å². The van der Waals surface area contributed by atoms with Crippen LogP contribution in [-0.2, 0) is 4.79 Å². The molecule has 6 heteroatoms. The molecule has 0 aliphatic rings. The Morgan fingerprint density at radius 3 is 2.38 bits per heavy atom. The minimum absolute atomic E-state index is 0.162. The van der Waals surface area contributed by atoms with Crippen LogP contribution in [0.5, 0.6) is 0 Å². The fourth-order valence-electron chi connectivity index (χ4n) is 1.22. The lowest BCUT2D eigenvalue weighted by Crippen LogP contribution is -2.46. The Hall–Kier alpha value is -1.56. The molecule has 2 amide bonds. The summed E-state index contributed by atoms with van der Waals surface area (Å²) in [5.41, 5.74) is 0. The summed E-state index contributed by atoms with van der Waals surface area (Å²) < 4.78 is 0. The van der Waals surface area contributed by atoms with Crippen molar-refractivity contribution in [2.75, 3.05) is 32.8 Å². The van der Waals surface area contributed by atoms with Gasteiger partial charge in [0, 0.05) is 19.6 Å². The number of hydrogen-bond acceptors (Lipinski definition) is 3. The van der Waals surface area contributed by atoms with E-state index in [0.717, 1.165) is 0 Å². The number of likely N-dealkylation sites (N-methyl/N-ethyl adjacent to an activating group) is 1. The Morgan fingerprint density at radius 1 is 1.38 bits per heavy atom. The van der Waals surface area contributed by atoms with Crippen molar-refractivity contribution in [1.29, 1.82) is 0 Å². The first kappa shape index (κ1) is 14.4. The number of carbonyl (C=O) groups excluding carboxylic acids is 1. The molecule has 0 aromatic heterocycles. The average molecular weight is 230 g/mol. The maximum Gasteiger partial charge on any atom is 0.323 e. The van der Waals surface area contributed by atoms with Crippen molar-refractivity contribution in [2.24, 2.45) is 0 Å². The van der Waals surface area contributed by atoms with Crippen molar-refractivity contribution in [1.82, 2.24) is 9.80 Å². The summed E-state index contributed by atoms with van der Waals surface area (Å²) in [7, 11) is 0. The number of amides is 2. The average Bonchev–Trinajstić information content (AvgIpc) is 2.24. The molecule has 2 N–H and O–H groups in total. The topological polar surface area (TPSA) is 81.1 Å². The lowest BCUT2D eigenvalue weighted by molar-refractivity contribution is -0.137. The number of aliphatic hydroxyl groups is 1. The molecule has 0 aliphatic heterocycles. The van der Waals surface area contributed by atoms with E-state index in [1.54, 1.807) is 6.92 Å². The van der Waals surface area contributed by atoms with E-state index in [0.29, 0.717) is 6.54 Å². The molecule has 0 saturated heterocycles. The Morgan fingerprint density at radius 2 is 2.00 bits per heavy atom. The fraction of sp³-hybridized carbons (Fsp3) is 0.600. The van der Waals surface area contributed by atoms with Gasteiger partial charge in [-0.2, -0.15) is 0 Å². The maximum atomic E-state index is 11.8. The zero-order chi connectivity index (χ0) is 12.6. The van der Waals surface area contributed by atoms with E-state index in [4.69, 9.17) is 10.2 Å². The molecule has 0 bridgehead atoms. The van der Waals surface area contributed by atoms with Gasteiger partial charge in [0.1, 0.15) is 6.54 Å². The smallest absolute Gasteiger partial charge is 0.323 e. The highest BCUT2D eigenvalue weighted by Crippen LogP contribution is 1.99. The zero-order valence-electron chi connectivity index (χ0n) is 9.43. The van der Waals surface area contributed by atoms with Crippen LogP contribution < -0.4 is 0 Å². The van der Waals surface area contributed by atoms with Crippen molar-refractivity contribution in [3.63, 3.8) is 0 Å². The number of aliphatic carboxylic acids is 1. The van der Waals surface area contributed by atoms with E-state index in [1.165, 1.54) is 15.9 Å². The summed E-state index contributed by atoms with van der Waals surface area (Å²) in [5, 5.41) is 17.4. The van der Waals surface area contributed by atoms with Gasteiger partial charge < -0.3 is 20.0 Å². The van der Waals surface area contributed by atoms with Crippen molar-refractivity contribution >= 4 is 12.0 Å². The Kier molecular flexibility index (Phi) is 6.95. The number of carbonyl (C=O) groups is 2. The highest BCUT2D eigenvalue weighted by atomic mass is 16.4. The fourth-order valence-corrected chi connectivity index (χ4v) is 1.22. The molecule has 0 atom stereocenters. The standard InChI is InChI=1S/C10H18N2O4/c1-3-5-12(6-7-13)10(16)11(4-2)8-9(14)15/h3,13H,1,4-8H2,2H3,(H,14,15). The van der Waals surface area contributed by atoms with E-state index in [2.05, 4.69) is 6.58 Å². The predicted octanol–water partition coefficient (Wildman–Crippen LogP) is -0.00680. The van der Waals surface area contributed by atoms with Crippen molar-refractivity contribution in [3.05, 3.63) is 12.7 Å². The Balaban J connectivity index is 4.52. The molecule has 0 saturated carbocycles. The van der Waals surface area contributed by atoms with Gasteiger partial charge in [-0.25, -0.2) is 4.79 Å². The van der Waals surface area contributed by atoms with Crippen LogP contribution in [0.4, 0.5) is 4.79 Å². The summed E-state index contributed by atoms with van der Waals surface area (Å²) >= 11 is 0. The molecule has 0 rings (SSSR count). The Labute approximate surface area is 94.8 Å². The van der Waals surface area contributed by atoms with Gasteiger partial charge in [-0.3, -0.25) is 4.79 Å². The van der Waals surface area contributed by atoms with Crippen LogP contribution in [-0.4, -0.2) is 64.8 Å². The molecule has 0 unspecified atom stereocenters. The highest BCUT2D eigenvalue weighted by Gasteiger charge is 2.20. The maximum absolute atomic E-state index is 11.8. The first-order chi connectivity index (χ1) is 7.56. The van der Waals surface area contributed by atoms with Crippen LogP contribution in [0.15, 0.2) is 12.7 Å². The third-order valence-corrected chi connectivity index (χ3v) is 1.97. The van der Waals surface area contributed by atoms with E-state index >= 15 is 0 Å². The van der Waals surface area contributed by atoms with Gasteiger partial charge in [-0.05, 0) is 6.92 Å². The number of rotatable bonds is 7. The minimum Gasteiger partial charge on any atom is -0.480 e. The van der Waals surface area contributed by atoms with Gasteiger partial charge in [0.25, 0.3) is 0 Å². The van der Waals surface area contributed by atoms with Crippen molar-refractivity contribution in [3.8, 4) is 0 Å². The Bertz CT molecular complexity index is 251. The number of urea groups is 1. The van der Waals surface area contributed by atoms with Crippen LogP contribution in [0.1, 0.15) is 6.92 Å². The van der Waals surface area contributed by atoms with Gasteiger partial charge in [-0.1, -0.05) is 6.08 Å². The summed E-state index contributed by atoms with van der Waals surface area (Å²) in [4.78, 5) is 24.9. The van der Waals surface area contributed by atoms with Crippen molar-refractivity contribution < 1.29 is 19.8 Å². The van der Waals surface area contributed by atoms with Crippen LogP contribution in [0.3, 0.4) is 0 Å². The molecule has 0 aromatic carbocycles. The lowest BCUT2D eigenvalue weighted by Gasteiger charge is -2.27. The summed E-state index contributed by atoms with van der Waals surface area (Å²) in [6.07, 6.45) is 1.53. The van der Waals surface area contributed by atoms with Gasteiger partial charge in [0.2, 0.25) is 0 Å². The summed E-state index contributed by atoms with van der Waals surface area (Å²) in [6.45, 7) is 5.46. The quantitative estimate of drug-likeness (QED) is 0.603. The molecule has 0 fully saturated rings. The molecule has 16 heavy (non-hydrogen) atoms. The van der Waals surface area contributed by atoms with E-state index in [9.17, 15) is 9.59 Å². The molecule has 0 aliphatic carbocycles. The second-order valence-electron chi connectivity index (χ2n) is 3.15. The second kappa shape index (κ2) is 7.70. The molecule has 0 spiro atoms. The third kappa shape index (κ3) is 4.79. The molecule has 6 nitrogen and oxygen atoms in total. The number of hydrogen-bond donors (Lipinski definition) is 2. The molecule has 0 heterocycles. The first-order valence-corrected chi connectivity index (χ1v) is 5.04. The van der Waals surface area contributed by atoms with Crippen LogP contribution >= 0.6 is 0 Å². The second-order valence-corrected chi connectivity index (χ2v) is 3.15. The number of carboxylic acids is 1. The minimum atomic E-state index is -1.06. The van der Waals surface area contributed by atoms with Crippen molar-refractivity contribution in [2.45, 2.75) is 6.92 Å². The summed E-state index contributed by atoms with van der Waals surface area (Å²) in [6, 6.07) is -0.404. The molecular formula is C10H18N2O4. The third-order valence-electron chi connectivity index (χ3n) is 1.97. The van der Waals surface area contributed by atoms with Crippen LogP contribution in [0, 0.1) is 0 Å². The SMILES string of the molecule is C=CCN(CCO)C(=O)N(CC)CC(=O)O. The predicted molar refractivity (Wildman–Crippen MR) is 59.1 cm³/mol. The lowest BCUT2D eigenvalue weighted by atomic mass is 10.4. The molecule has 92 valence electrons. The molecule has 0 aromatic rings. The van der Waals surface area contributed by atoms with Gasteiger partial charge in [-0.15, -0.1) is 6.58 Å². The zero-order valence-corrected chi connectivity index (χ0v) is 9.43. The van der Waals surface area contributed by atoms with E-state index < -0.39 is 12.0 Å². The number of carboxylic acid groups (broad SMARTS) is 1. The molecular weight excluding hydrogens is 212 g/mol. The molecule has 0 radical (unpaired) electrons. The monoisotopic (exact) mass is 230 g/mol. The van der Waals surface area contributed by atoms with Gasteiger partial charge in [0.15, 0.2) is 0 Å². The van der Waals surface area contributed by atoms with Crippen LogP contribution in [0.2, 0.25) is 0 Å². The number of aliphatic hydroxyl groups excluding tert-OH is 1. The van der Waals surface area contributed by atoms with Gasteiger partial charge >= 0.3 is 12.0 Å². The number of nitrogens with zero attached hydrogens (tertiary/aromatic N) is 2. The first-order valence-electron chi connectivity index (χ1n) is 5.04. The summed E-state index contributed by atoms with van der Waals surface area (Å²) in [5.74, 6) is -1.06.